The minimum absolute atomic E-state index is 0. The quantitative estimate of drug-likeness (QED) is 0.247. The second-order valence-electron chi connectivity index (χ2n) is 6.50. The van der Waals surface area contributed by atoms with Crippen LogP contribution in [0.15, 0.2) is 4.99 Å². The highest BCUT2D eigenvalue weighted by molar-refractivity contribution is 14.0. The second-order valence-corrected chi connectivity index (χ2v) is 7.72. The molecule has 0 radical (unpaired) electrons. The molecule has 2 N–H and O–H groups in total. The monoisotopic (exact) mass is 470 g/mol. The van der Waals surface area contributed by atoms with Gasteiger partial charge in [0.15, 0.2) is 5.96 Å². The number of thioether (sulfide) groups is 1. The van der Waals surface area contributed by atoms with Crippen LogP contribution in [0.5, 0.6) is 0 Å². The molecular formula is C17H35IN4OS. The minimum atomic E-state index is 0. The zero-order valence-corrected chi connectivity index (χ0v) is 18.5. The molecule has 1 aliphatic heterocycles. The lowest BCUT2D eigenvalue weighted by atomic mass is 9.95. The third-order valence-electron chi connectivity index (χ3n) is 4.91. The van der Waals surface area contributed by atoms with E-state index in [1.54, 1.807) is 7.11 Å². The maximum Gasteiger partial charge on any atom is 0.191 e. The standard InChI is InChI=1S/C17H34N4OS.HI/c1-3-18-16(19-9-6-12-22-2)20-15-17(7-4-5-8-17)21-10-13-23-14-11-21;/h3-15H2,1-2H3,(H2,18,19,20);1H. The summed E-state index contributed by atoms with van der Waals surface area (Å²) in [4.78, 5) is 7.68. The van der Waals surface area contributed by atoms with Crippen molar-refractivity contribution in [1.82, 2.24) is 15.5 Å². The van der Waals surface area contributed by atoms with Crippen LogP contribution < -0.4 is 10.6 Å². The van der Waals surface area contributed by atoms with Gasteiger partial charge in [-0.2, -0.15) is 11.8 Å². The van der Waals surface area contributed by atoms with Crippen LogP contribution in [0.25, 0.3) is 0 Å². The molecule has 0 atom stereocenters. The molecule has 0 aromatic rings. The van der Waals surface area contributed by atoms with E-state index in [0.29, 0.717) is 5.54 Å². The van der Waals surface area contributed by atoms with Crippen molar-refractivity contribution in [3.05, 3.63) is 0 Å². The van der Waals surface area contributed by atoms with Gasteiger partial charge in [-0.1, -0.05) is 12.8 Å². The Kier molecular flexibility index (Phi) is 11.7. The largest absolute Gasteiger partial charge is 0.385 e. The zero-order valence-electron chi connectivity index (χ0n) is 15.3. The molecular weight excluding hydrogens is 435 g/mol. The predicted octanol–water partition coefficient (Wildman–Crippen LogP) is 2.56. The predicted molar refractivity (Wildman–Crippen MR) is 116 cm³/mol. The number of halogens is 1. The summed E-state index contributed by atoms with van der Waals surface area (Å²) in [6.45, 7) is 8.13. The molecule has 7 heteroatoms. The number of nitrogens with one attached hydrogen (secondary N) is 2. The Bertz CT molecular complexity index is 358. The molecule has 1 aliphatic carbocycles. The van der Waals surface area contributed by atoms with Gasteiger partial charge in [0.05, 0.1) is 6.54 Å². The Labute approximate surface area is 169 Å². The zero-order chi connectivity index (χ0) is 16.4. The van der Waals surface area contributed by atoms with Gasteiger partial charge in [-0.05, 0) is 26.2 Å². The molecule has 1 saturated carbocycles. The van der Waals surface area contributed by atoms with Crippen molar-refractivity contribution in [3.8, 4) is 0 Å². The first kappa shape index (κ1) is 22.3. The Morgan fingerprint density at radius 3 is 2.54 bits per heavy atom. The highest BCUT2D eigenvalue weighted by atomic mass is 127. The fraction of sp³-hybridized carbons (Fsp3) is 0.941. The van der Waals surface area contributed by atoms with Gasteiger partial charge in [0.1, 0.15) is 0 Å². The van der Waals surface area contributed by atoms with Crippen LogP contribution in [-0.4, -0.2) is 74.3 Å². The van der Waals surface area contributed by atoms with Gasteiger partial charge in [-0.15, -0.1) is 24.0 Å². The van der Waals surface area contributed by atoms with E-state index in [-0.39, 0.29) is 24.0 Å². The number of ether oxygens (including phenoxy) is 1. The van der Waals surface area contributed by atoms with Gasteiger partial charge < -0.3 is 15.4 Å². The van der Waals surface area contributed by atoms with Crippen LogP contribution in [0.2, 0.25) is 0 Å². The number of aliphatic imine (C=N–C) groups is 1. The third kappa shape index (κ3) is 6.88. The molecule has 0 amide bonds. The van der Waals surface area contributed by atoms with Crippen molar-refractivity contribution in [2.45, 2.75) is 44.6 Å². The van der Waals surface area contributed by atoms with Crippen LogP contribution in [0.3, 0.4) is 0 Å². The summed E-state index contributed by atoms with van der Waals surface area (Å²) in [5.74, 6) is 3.52. The summed E-state index contributed by atoms with van der Waals surface area (Å²) in [5.41, 5.74) is 0.315. The number of nitrogens with zero attached hydrogens (tertiary/aromatic N) is 2. The molecule has 0 aromatic heterocycles. The molecule has 1 saturated heterocycles. The molecule has 2 fully saturated rings. The smallest absolute Gasteiger partial charge is 0.191 e. The van der Waals surface area contributed by atoms with Gasteiger partial charge >= 0.3 is 0 Å². The molecule has 0 bridgehead atoms. The fourth-order valence-corrected chi connectivity index (χ4v) is 4.54. The van der Waals surface area contributed by atoms with E-state index in [4.69, 9.17) is 9.73 Å². The second kappa shape index (κ2) is 12.6. The van der Waals surface area contributed by atoms with E-state index < -0.39 is 0 Å². The summed E-state index contributed by atoms with van der Waals surface area (Å²) >= 11 is 2.09. The average Bonchev–Trinajstić information content (AvgIpc) is 3.07. The molecule has 2 aliphatic rings. The number of rotatable bonds is 8. The molecule has 0 spiro atoms. The average molecular weight is 470 g/mol. The number of guanidine groups is 1. The fourth-order valence-electron chi connectivity index (χ4n) is 3.64. The number of hydrogen-bond acceptors (Lipinski definition) is 4. The van der Waals surface area contributed by atoms with Crippen LogP contribution in [0.4, 0.5) is 0 Å². The maximum absolute atomic E-state index is 5.11. The molecule has 0 unspecified atom stereocenters. The number of methoxy groups -OCH3 is 1. The van der Waals surface area contributed by atoms with Crippen LogP contribution >= 0.6 is 35.7 Å². The molecule has 5 nitrogen and oxygen atoms in total. The van der Waals surface area contributed by atoms with E-state index in [1.165, 1.54) is 50.3 Å². The van der Waals surface area contributed by atoms with E-state index in [9.17, 15) is 0 Å². The molecule has 1 heterocycles. The first-order chi connectivity index (χ1) is 11.3. The van der Waals surface area contributed by atoms with Crippen molar-refractivity contribution >= 4 is 41.7 Å². The van der Waals surface area contributed by atoms with Crippen LogP contribution in [0, 0.1) is 0 Å². The van der Waals surface area contributed by atoms with Gasteiger partial charge in [-0.3, -0.25) is 9.89 Å². The lowest BCUT2D eigenvalue weighted by Gasteiger charge is -2.42. The van der Waals surface area contributed by atoms with Crippen molar-refractivity contribution in [1.29, 1.82) is 0 Å². The maximum atomic E-state index is 5.11. The normalized spacial score (nSPS) is 21.3. The highest BCUT2D eigenvalue weighted by Gasteiger charge is 2.39. The summed E-state index contributed by atoms with van der Waals surface area (Å²) in [7, 11) is 1.75. The highest BCUT2D eigenvalue weighted by Crippen LogP contribution is 2.37. The minimum Gasteiger partial charge on any atom is -0.385 e. The Morgan fingerprint density at radius 2 is 1.92 bits per heavy atom. The number of hydrogen-bond donors (Lipinski definition) is 2. The van der Waals surface area contributed by atoms with Crippen molar-refractivity contribution in [2.75, 3.05) is 57.9 Å². The van der Waals surface area contributed by atoms with Gasteiger partial charge in [-0.25, -0.2) is 0 Å². The van der Waals surface area contributed by atoms with Crippen molar-refractivity contribution in [2.24, 2.45) is 4.99 Å². The van der Waals surface area contributed by atoms with Crippen molar-refractivity contribution in [3.63, 3.8) is 0 Å². The van der Waals surface area contributed by atoms with E-state index >= 15 is 0 Å². The topological polar surface area (TPSA) is 48.9 Å². The lowest BCUT2D eigenvalue weighted by Crippen LogP contribution is -2.53. The van der Waals surface area contributed by atoms with E-state index in [0.717, 1.165) is 38.6 Å². The first-order valence-electron chi connectivity index (χ1n) is 9.15. The Balaban J connectivity index is 0.00000288. The van der Waals surface area contributed by atoms with Gasteiger partial charge in [0, 0.05) is 56.9 Å². The molecule has 24 heavy (non-hydrogen) atoms. The van der Waals surface area contributed by atoms with Gasteiger partial charge in [0.2, 0.25) is 0 Å². The van der Waals surface area contributed by atoms with Gasteiger partial charge in [0.25, 0.3) is 0 Å². The van der Waals surface area contributed by atoms with Crippen LogP contribution in [-0.2, 0) is 4.74 Å². The third-order valence-corrected chi connectivity index (χ3v) is 5.85. The Hall–Kier alpha value is 0.270. The first-order valence-corrected chi connectivity index (χ1v) is 10.3. The Morgan fingerprint density at radius 1 is 1.21 bits per heavy atom. The summed E-state index contributed by atoms with van der Waals surface area (Å²) < 4.78 is 5.11. The van der Waals surface area contributed by atoms with Crippen molar-refractivity contribution < 1.29 is 4.74 Å². The molecule has 0 aromatic carbocycles. The molecule has 142 valence electrons. The summed E-state index contributed by atoms with van der Waals surface area (Å²) in [6.07, 6.45) is 6.35. The van der Waals surface area contributed by atoms with Crippen LogP contribution in [0.1, 0.15) is 39.0 Å². The van der Waals surface area contributed by atoms with E-state index in [1.807, 2.05) is 0 Å². The summed E-state index contributed by atoms with van der Waals surface area (Å²) in [6, 6.07) is 0. The van der Waals surface area contributed by atoms with E-state index in [2.05, 4.69) is 34.2 Å². The SMILES string of the molecule is CCNC(=NCC1(N2CCSCC2)CCCC1)NCCCOC.I. The lowest BCUT2D eigenvalue weighted by molar-refractivity contribution is 0.112. The molecule has 2 rings (SSSR count). The summed E-state index contributed by atoms with van der Waals surface area (Å²) in [5, 5.41) is 6.81.